The first-order chi connectivity index (χ1) is 16.5. The Morgan fingerprint density at radius 3 is 2.35 bits per heavy atom. The number of carbonyl (C=O) groups is 2. The lowest BCUT2D eigenvalue weighted by Crippen LogP contribution is -2.20. The van der Waals surface area contributed by atoms with Crippen LogP contribution in [-0.4, -0.2) is 24.0 Å². The number of rotatable bonds is 7. The lowest BCUT2D eigenvalue weighted by Gasteiger charge is -2.12. The van der Waals surface area contributed by atoms with Gasteiger partial charge in [0.15, 0.2) is 12.2 Å². The first kappa shape index (κ1) is 22.6. The van der Waals surface area contributed by atoms with E-state index in [0.717, 1.165) is 16.7 Å². The van der Waals surface area contributed by atoms with E-state index in [1.54, 1.807) is 48.7 Å². The number of carbonyl (C=O) groups excluding carboxylic acids is 2. The summed E-state index contributed by atoms with van der Waals surface area (Å²) in [5.41, 5.74) is 4.43. The number of methoxy groups -OCH3 is 1. The number of anilines is 3. The lowest BCUT2D eigenvalue weighted by atomic mass is 10.1. The summed E-state index contributed by atoms with van der Waals surface area (Å²) in [4.78, 5) is 28.9. The summed E-state index contributed by atoms with van der Waals surface area (Å²) in [6, 6.07) is 19.5. The van der Waals surface area contributed by atoms with Gasteiger partial charge in [0, 0.05) is 23.1 Å². The predicted molar refractivity (Wildman–Crippen MR) is 131 cm³/mol. The molecule has 0 aliphatic rings. The van der Waals surface area contributed by atoms with Crippen molar-refractivity contribution in [1.29, 1.82) is 0 Å². The molecule has 0 spiro atoms. The summed E-state index contributed by atoms with van der Waals surface area (Å²) in [5.74, 6) is 0.969. The van der Waals surface area contributed by atoms with Gasteiger partial charge in [-0.25, -0.2) is 9.78 Å². The number of oxazole rings is 1. The van der Waals surface area contributed by atoms with Crippen LogP contribution >= 0.6 is 0 Å². The van der Waals surface area contributed by atoms with Crippen molar-refractivity contribution in [3.05, 3.63) is 90.4 Å². The zero-order valence-electron chi connectivity index (χ0n) is 18.8. The third-order valence-electron chi connectivity index (χ3n) is 5.17. The third kappa shape index (κ3) is 5.60. The number of amides is 3. The molecule has 0 saturated heterocycles. The Balaban J connectivity index is 1.38. The maximum atomic E-state index is 12.5. The highest BCUT2D eigenvalue weighted by molar-refractivity contribution is 6.01. The smallest absolute Gasteiger partial charge is 0.323 e. The second-order valence-electron chi connectivity index (χ2n) is 7.59. The van der Waals surface area contributed by atoms with E-state index >= 15 is 0 Å². The van der Waals surface area contributed by atoms with Crippen molar-refractivity contribution in [3.63, 3.8) is 0 Å². The van der Waals surface area contributed by atoms with Gasteiger partial charge >= 0.3 is 6.03 Å². The second-order valence-corrected chi connectivity index (χ2v) is 7.59. The molecule has 0 aliphatic carbocycles. The molecule has 1 aromatic heterocycles. The van der Waals surface area contributed by atoms with Gasteiger partial charge in [-0.3, -0.25) is 4.79 Å². The predicted octanol–water partition coefficient (Wildman–Crippen LogP) is 5.48. The highest BCUT2D eigenvalue weighted by Gasteiger charge is 2.12. The summed E-state index contributed by atoms with van der Waals surface area (Å²) in [5, 5.41) is 8.42. The maximum Gasteiger partial charge on any atom is 0.323 e. The Morgan fingerprint density at radius 1 is 0.912 bits per heavy atom. The fourth-order valence-electron chi connectivity index (χ4n) is 3.48. The fraction of sp³-hybridized carbons (Fsp3) is 0.115. The van der Waals surface area contributed by atoms with E-state index in [9.17, 15) is 9.59 Å². The van der Waals surface area contributed by atoms with Gasteiger partial charge in [-0.05, 0) is 48.4 Å². The molecule has 0 atom stereocenters. The van der Waals surface area contributed by atoms with Crippen molar-refractivity contribution in [2.24, 2.45) is 0 Å². The molecule has 34 heavy (non-hydrogen) atoms. The van der Waals surface area contributed by atoms with Crippen LogP contribution in [-0.2, 0) is 11.2 Å². The van der Waals surface area contributed by atoms with Crippen LogP contribution in [0.3, 0.4) is 0 Å². The van der Waals surface area contributed by atoms with E-state index in [4.69, 9.17) is 9.15 Å². The largest absolute Gasteiger partial charge is 0.496 e. The van der Waals surface area contributed by atoms with E-state index in [0.29, 0.717) is 28.6 Å². The lowest BCUT2D eigenvalue weighted by molar-refractivity contribution is -0.115. The number of aryl methyl sites for hydroxylation is 1. The standard InChI is InChI=1S/C26H24N4O4/c1-17-6-3-4-7-18(17)12-25(31)28-19-8-5-9-20(13-19)29-26(32)30-21-10-11-22(23(14-21)33-2)24-15-27-16-34-24/h3-11,13-16H,12H2,1-2H3,(H,28,31)(H2,29,30,32). The van der Waals surface area contributed by atoms with Crippen molar-refractivity contribution in [3.8, 4) is 17.1 Å². The molecule has 8 heteroatoms. The molecule has 0 aliphatic heterocycles. The van der Waals surface area contributed by atoms with E-state index in [1.165, 1.54) is 13.5 Å². The fourth-order valence-corrected chi connectivity index (χ4v) is 3.48. The summed E-state index contributed by atoms with van der Waals surface area (Å²) in [6.07, 6.45) is 3.20. The van der Waals surface area contributed by atoms with E-state index < -0.39 is 6.03 Å². The Morgan fingerprint density at radius 2 is 1.65 bits per heavy atom. The van der Waals surface area contributed by atoms with Gasteiger partial charge in [0.25, 0.3) is 0 Å². The Kier molecular flexibility index (Phi) is 6.88. The number of ether oxygens (including phenoxy) is 1. The molecular weight excluding hydrogens is 432 g/mol. The highest BCUT2D eigenvalue weighted by Crippen LogP contribution is 2.32. The van der Waals surface area contributed by atoms with Crippen molar-refractivity contribution >= 4 is 29.0 Å². The van der Waals surface area contributed by atoms with E-state index in [-0.39, 0.29) is 12.3 Å². The first-order valence-electron chi connectivity index (χ1n) is 10.6. The first-order valence-corrected chi connectivity index (χ1v) is 10.6. The monoisotopic (exact) mass is 456 g/mol. The average molecular weight is 457 g/mol. The third-order valence-corrected chi connectivity index (χ3v) is 5.17. The maximum absolute atomic E-state index is 12.5. The van der Waals surface area contributed by atoms with Crippen LogP contribution < -0.4 is 20.7 Å². The van der Waals surface area contributed by atoms with Crippen LogP contribution in [0.4, 0.5) is 21.9 Å². The van der Waals surface area contributed by atoms with Crippen LogP contribution in [0.5, 0.6) is 5.75 Å². The molecule has 0 saturated carbocycles. The Labute approximate surface area is 197 Å². The topological polar surface area (TPSA) is 105 Å². The number of nitrogens with zero attached hydrogens (tertiary/aromatic N) is 1. The Bertz CT molecular complexity index is 1300. The molecule has 172 valence electrons. The van der Waals surface area contributed by atoms with Crippen molar-refractivity contribution in [2.45, 2.75) is 13.3 Å². The summed E-state index contributed by atoms with van der Waals surface area (Å²) in [7, 11) is 1.54. The SMILES string of the molecule is COc1cc(NC(=O)Nc2cccc(NC(=O)Cc3ccccc3C)c2)ccc1-c1cnco1. The van der Waals surface area contributed by atoms with Crippen molar-refractivity contribution in [1.82, 2.24) is 4.98 Å². The molecule has 3 N–H and O–H groups in total. The van der Waals surface area contributed by atoms with Crippen LogP contribution in [0.2, 0.25) is 0 Å². The number of urea groups is 1. The number of nitrogens with one attached hydrogen (secondary N) is 3. The molecule has 0 fully saturated rings. The molecule has 3 aromatic carbocycles. The quantitative estimate of drug-likeness (QED) is 0.341. The van der Waals surface area contributed by atoms with Crippen LogP contribution in [0, 0.1) is 6.92 Å². The molecule has 4 aromatic rings. The summed E-state index contributed by atoms with van der Waals surface area (Å²) >= 11 is 0. The van der Waals surface area contributed by atoms with Gasteiger partial charge in [0.1, 0.15) is 5.75 Å². The zero-order chi connectivity index (χ0) is 23.9. The normalized spacial score (nSPS) is 10.4. The zero-order valence-corrected chi connectivity index (χ0v) is 18.8. The number of aromatic nitrogens is 1. The molecule has 0 unspecified atom stereocenters. The Hall–Kier alpha value is -4.59. The van der Waals surface area contributed by atoms with Gasteiger partial charge in [-0.1, -0.05) is 30.3 Å². The minimum absolute atomic E-state index is 0.130. The van der Waals surface area contributed by atoms with Gasteiger partial charge in [0.05, 0.1) is 25.3 Å². The molecular formula is C26H24N4O4. The molecule has 4 rings (SSSR count). The summed E-state index contributed by atoms with van der Waals surface area (Å²) in [6.45, 7) is 1.98. The summed E-state index contributed by atoms with van der Waals surface area (Å²) < 4.78 is 10.7. The van der Waals surface area contributed by atoms with Gasteiger partial charge in [-0.2, -0.15) is 0 Å². The molecule has 3 amide bonds. The minimum Gasteiger partial charge on any atom is -0.496 e. The number of hydrogen-bond donors (Lipinski definition) is 3. The second kappa shape index (κ2) is 10.4. The van der Waals surface area contributed by atoms with Crippen LogP contribution in [0.15, 0.2) is 83.7 Å². The van der Waals surface area contributed by atoms with Crippen molar-refractivity contribution < 1.29 is 18.7 Å². The van der Waals surface area contributed by atoms with Crippen LogP contribution in [0.25, 0.3) is 11.3 Å². The molecule has 0 bridgehead atoms. The highest BCUT2D eigenvalue weighted by atomic mass is 16.5. The van der Waals surface area contributed by atoms with Crippen molar-refractivity contribution in [2.75, 3.05) is 23.1 Å². The van der Waals surface area contributed by atoms with E-state index in [2.05, 4.69) is 20.9 Å². The molecule has 8 nitrogen and oxygen atoms in total. The minimum atomic E-state index is -0.433. The average Bonchev–Trinajstić information content (AvgIpc) is 3.35. The van der Waals surface area contributed by atoms with Gasteiger partial charge in [-0.15, -0.1) is 0 Å². The molecule has 1 heterocycles. The molecule has 0 radical (unpaired) electrons. The van der Waals surface area contributed by atoms with E-state index in [1.807, 2.05) is 31.2 Å². The van der Waals surface area contributed by atoms with Gasteiger partial charge in [0.2, 0.25) is 5.91 Å². The number of benzene rings is 3. The van der Waals surface area contributed by atoms with Crippen LogP contribution in [0.1, 0.15) is 11.1 Å². The number of hydrogen-bond acceptors (Lipinski definition) is 5. The van der Waals surface area contributed by atoms with Gasteiger partial charge < -0.3 is 25.1 Å².